The summed E-state index contributed by atoms with van der Waals surface area (Å²) in [5.74, 6) is -0.0229. The maximum atomic E-state index is 11.6. The second-order valence-electron chi connectivity index (χ2n) is 4.36. The Morgan fingerprint density at radius 2 is 1.95 bits per heavy atom. The van der Waals surface area contributed by atoms with Crippen LogP contribution in [0.5, 0.6) is 11.5 Å². The largest absolute Gasteiger partial charge is 0.504 e. The lowest BCUT2D eigenvalue weighted by Gasteiger charge is -2.03. The lowest BCUT2D eigenvalue weighted by atomic mass is 10.2. The second-order valence-corrected chi connectivity index (χ2v) is 4.36. The molecular weight excluding hydrogens is 268 g/mol. The molecule has 0 amide bonds. The number of carbonyl (C=O) groups is 1. The number of hydrogen-bond acceptors (Lipinski definition) is 4. The van der Waals surface area contributed by atoms with Gasteiger partial charge in [-0.2, -0.15) is 0 Å². The van der Waals surface area contributed by atoms with Crippen LogP contribution in [0.25, 0.3) is 6.08 Å². The van der Waals surface area contributed by atoms with Crippen molar-refractivity contribution < 1.29 is 19.4 Å². The summed E-state index contributed by atoms with van der Waals surface area (Å²) in [5, 5.41) is 9.63. The van der Waals surface area contributed by atoms with Crippen molar-refractivity contribution >= 4 is 12.0 Å². The number of ether oxygens (including phenoxy) is 2. The van der Waals surface area contributed by atoms with Crippen molar-refractivity contribution in [3.05, 3.63) is 65.7 Å². The van der Waals surface area contributed by atoms with E-state index < -0.39 is 5.97 Å². The number of hydrogen-bond donors (Lipinski definition) is 1. The third kappa shape index (κ3) is 4.38. The van der Waals surface area contributed by atoms with Crippen LogP contribution in [-0.2, 0) is 16.1 Å². The molecule has 1 N–H and O–H groups in total. The zero-order valence-corrected chi connectivity index (χ0v) is 11.7. The molecule has 2 rings (SSSR count). The van der Waals surface area contributed by atoms with Crippen LogP contribution in [0.3, 0.4) is 0 Å². The lowest BCUT2D eigenvalue weighted by Crippen LogP contribution is -2.00. The average Bonchev–Trinajstić information content (AvgIpc) is 2.52. The quantitative estimate of drug-likeness (QED) is 0.677. The van der Waals surface area contributed by atoms with Crippen LogP contribution in [-0.4, -0.2) is 18.2 Å². The first kappa shape index (κ1) is 14.7. The summed E-state index contributed by atoms with van der Waals surface area (Å²) < 4.78 is 10.1. The first-order valence-corrected chi connectivity index (χ1v) is 6.45. The van der Waals surface area contributed by atoms with Crippen molar-refractivity contribution in [2.45, 2.75) is 6.61 Å². The molecule has 0 fully saturated rings. The van der Waals surface area contributed by atoms with Crippen LogP contribution < -0.4 is 4.74 Å². The molecule has 0 heterocycles. The van der Waals surface area contributed by atoms with Crippen molar-refractivity contribution in [3.63, 3.8) is 0 Å². The van der Waals surface area contributed by atoms with Crippen molar-refractivity contribution in [1.82, 2.24) is 0 Å². The molecule has 0 unspecified atom stereocenters. The molecule has 0 bridgehead atoms. The number of rotatable bonds is 5. The van der Waals surface area contributed by atoms with E-state index in [1.807, 2.05) is 30.3 Å². The molecular formula is C17H16O4. The highest BCUT2D eigenvalue weighted by Crippen LogP contribution is 2.26. The minimum atomic E-state index is -0.436. The molecule has 0 aromatic heterocycles. The molecule has 0 saturated heterocycles. The lowest BCUT2D eigenvalue weighted by molar-refractivity contribution is -0.138. The molecule has 2 aromatic rings. The number of phenols is 1. The van der Waals surface area contributed by atoms with Crippen LogP contribution in [0, 0.1) is 0 Å². The standard InChI is InChI=1S/C17H16O4/c1-20-16-9-7-13(11-15(16)18)8-10-17(19)21-12-14-5-3-2-4-6-14/h2-11,18H,12H2,1H3/b10-8-. The van der Waals surface area contributed by atoms with Crippen LogP contribution >= 0.6 is 0 Å². The van der Waals surface area contributed by atoms with E-state index in [9.17, 15) is 9.90 Å². The molecule has 4 nitrogen and oxygen atoms in total. The van der Waals surface area contributed by atoms with Crippen LogP contribution in [0.15, 0.2) is 54.6 Å². The van der Waals surface area contributed by atoms with Gasteiger partial charge in [0.25, 0.3) is 0 Å². The Balaban J connectivity index is 1.91. The monoisotopic (exact) mass is 284 g/mol. The van der Waals surface area contributed by atoms with Gasteiger partial charge in [0, 0.05) is 6.08 Å². The third-order valence-electron chi connectivity index (χ3n) is 2.84. The third-order valence-corrected chi connectivity index (χ3v) is 2.84. The van der Waals surface area contributed by atoms with Gasteiger partial charge in [-0.3, -0.25) is 0 Å². The molecule has 108 valence electrons. The number of benzene rings is 2. The first-order chi connectivity index (χ1) is 10.2. The highest BCUT2D eigenvalue weighted by Gasteiger charge is 2.02. The van der Waals surface area contributed by atoms with Gasteiger partial charge >= 0.3 is 5.97 Å². The van der Waals surface area contributed by atoms with Gasteiger partial charge < -0.3 is 14.6 Å². The van der Waals surface area contributed by atoms with Gasteiger partial charge in [-0.25, -0.2) is 4.79 Å². The maximum Gasteiger partial charge on any atom is 0.331 e. The summed E-state index contributed by atoms with van der Waals surface area (Å²) in [6.07, 6.45) is 2.90. The van der Waals surface area contributed by atoms with Crippen molar-refractivity contribution in [2.24, 2.45) is 0 Å². The van der Waals surface area contributed by atoms with Gasteiger partial charge in [0.1, 0.15) is 6.61 Å². The fourth-order valence-corrected chi connectivity index (χ4v) is 1.75. The van der Waals surface area contributed by atoms with Crippen molar-refractivity contribution in [3.8, 4) is 11.5 Å². The van der Waals surface area contributed by atoms with Gasteiger partial charge in [0.05, 0.1) is 7.11 Å². The molecule has 0 aliphatic rings. The molecule has 0 saturated carbocycles. The van der Waals surface area contributed by atoms with E-state index in [-0.39, 0.29) is 12.4 Å². The summed E-state index contributed by atoms with van der Waals surface area (Å²) in [5.41, 5.74) is 1.62. The fourth-order valence-electron chi connectivity index (χ4n) is 1.75. The summed E-state index contributed by atoms with van der Waals surface area (Å²) in [7, 11) is 1.48. The summed E-state index contributed by atoms with van der Waals surface area (Å²) in [6, 6.07) is 14.3. The Labute approximate surface area is 123 Å². The fraction of sp³-hybridized carbons (Fsp3) is 0.118. The maximum absolute atomic E-state index is 11.6. The molecule has 4 heteroatoms. The summed E-state index contributed by atoms with van der Waals surface area (Å²) in [6.45, 7) is 0.234. The highest BCUT2D eigenvalue weighted by molar-refractivity contribution is 5.87. The Hall–Kier alpha value is -2.75. The van der Waals surface area contributed by atoms with Gasteiger partial charge in [0.15, 0.2) is 11.5 Å². The van der Waals surface area contributed by atoms with Gasteiger partial charge in [-0.15, -0.1) is 0 Å². The Kier molecular flexibility index (Phi) is 4.99. The topological polar surface area (TPSA) is 55.8 Å². The Morgan fingerprint density at radius 3 is 2.62 bits per heavy atom. The number of carbonyl (C=O) groups excluding carboxylic acids is 1. The molecule has 0 radical (unpaired) electrons. The van der Waals surface area contributed by atoms with Gasteiger partial charge in [0.2, 0.25) is 0 Å². The summed E-state index contributed by atoms with van der Waals surface area (Å²) in [4.78, 5) is 11.6. The van der Waals surface area contributed by atoms with E-state index >= 15 is 0 Å². The van der Waals surface area contributed by atoms with E-state index in [4.69, 9.17) is 9.47 Å². The van der Waals surface area contributed by atoms with E-state index in [2.05, 4.69) is 0 Å². The van der Waals surface area contributed by atoms with E-state index in [0.29, 0.717) is 11.3 Å². The van der Waals surface area contributed by atoms with E-state index in [1.54, 1.807) is 18.2 Å². The normalized spacial score (nSPS) is 10.5. The van der Waals surface area contributed by atoms with E-state index in [1.165, 1.54) is 19.3 Å². The van der Waals surface area contributed by atoms with Gasteiger partial charge in [-0.05, 0) is 29.3 Å². The molecule has 0 aliphatic carbocycles. The smallest absolute Gasteiger partial charge is 0.331 e. The second kappa shape index (κ2) is 7.14. The average molecular weight is 284 g/mol. The number of aromatic hydroxyl groups is 1. The van der Waals surface area contributed by atoms with Crippen LogP contribution in [0.2, 0.25) is 0 Å². The number of phenolic OH excluding ortho intramolecular Hbond substituents is 1. The van der Waals surface area contributed by atoms with Crippen molar-refractivity contribution in [2.75, 3.05) is 7.11 Å². The Morgan fingerprint density at radius 1 is 1.19 bits per heavy atom. The number of esters is 1. The van der Waals surface area contributed by atoms with Gasteiger partial charge in [-0.1, -0.05) is 36.4 Å². The van der Waals surface area contributed by atoms with Crippen LogP contribution in [0.4, 0.5) is 0 Å². The zero-order valence-electron chi connectivity index (χ0n) is 11.7. The molecule has 2 aromatic carbocycles. The van der Waals surface area contributed by atoms with Crippen LogP contribution in [0.1, 0.15) is 11.1 Å². The first-order valence-electron chi connectivity index (χ1n) is 6.45. The minimum Gasteiger partial charge on any atom is -0.504 e. The minimum absolute atomic E-state index is 0.0253. The molecule has 0 atom stereocenters. The highest BCUT2D eigenvalue weighted by atomic mass is 16.5. The summed E-state index contributed by atoms with van der Waals surface area (Å²) >= 11 is 0. The zero-order chi connectivity index (χ0) is 15.1. The predicted molar refractivity (Wildman–Crippen MR) is 79.9 cm³/mol. The SMILES string of the molecule is COc1ccc(/C=C\C(=O)OCc2ccccc2)cc1O. The van der Waals surface area contributed by atoms with Crippen molar-refractivity contribution in [1.29, 1.82) is 0 Å². The molecule has 0 aliphatic heterocycles. The van der Waals surface area contributed by atoms with E-state index in [0.717, 1.165) is 5.56 Å². The Bertz CT molecular complexity index is 632. The molecule has 0 spiro atoms. The number of methoxy groups -OCH3 is 1. The molecule has 21 heavy (non-hydrogen) atoms. The predicted octanol–water partition coefficient (Wildman–Crippen LogP) is 3.16.